The van der Waals surface area contributed by atoms with Crippen molar-refractivity contribution >= 4 is 11.6 Å². The molecule has 0 atom stereocenters. The van der Waals surface area contributed by atoms with Crippen molar-refractivity contribution in [2.75, 3.05) is 5.32 Å². The highest BCUT2D eigenvalue weighted by molar-refractivity contribution is 6.04. The first-order chi connectivity index (χ1) is 9.11. The number of rotatable bonds is 3. The molecule has 0 radical (unpaired) electrons. The Morgan fingerprint density at radius 2 is 2.00 bits per heavy atom. The number of pyridine rings is 1. The summed E-state index contributed by atoms with van der Waals surface area (Å²) in [6.45, 7) is 2.03. The number of nitrogens with zero attached hydrogens (tertiary/aromatic N) is 1. The fourth-order valence-corrected chi connectivity index (χ4v) is 1.83. The summed E-state index contributed by atoms with van der Waals surface area (Å²) >= 11 is 0. The number of anilines is 1. The lowest BCUT2D eigenvalue weighted by Crippen LogP contribution is -2.20. The third-order valence-electron chi connectivity index (χ3n) is 3.01. The normalized spacial score (nSPS) is 10.2. The van der Waals surface area contributed by atoms with E-state index in [2.05, 4.69) is 5.32 Å². The Kier molecular flexibility index (Phi) is 3.80. The highest BCUT2D eigenvalue weighted by atomic mass is 16.2. The second-order valence-corrected chi connectivity index (χ2v) is 4.33. The number of para-hydroxylation sites is 1. The summed E-state index contributed by atoms with van der Waals surface area (Å²) in [4.78, 5) is 23.6. The predicted octanol–water partition coefficient (Wildman–Crippen LogP) is 2.20. The minimum absolute atomic E-state index is 0.198. The maximum atomic E-state index is 12.1. The second-order valence-electron chi connectivity index (χ2n) is 4.33. The molecule has 0 spiro atoms. The molecule has 19 heavy (non-hydrogen) atoms. The molecule has 2 rings (SSSR count). The van der Waals surface area contributed by atoms with Crippen molar-refractivity contribution in [2.45, 2.75) is 13.3 Å². The fourth-order valence-electron chi connectivity index (χ4n) is 1.83. The molecule has 0 unspecified atom stereocenters. The summed E-state index contributed by atoms with van der Waals surface area (Å²) < 4.78 is 1.43. The molecule has 0 fully saturated rings. The molecular formula is C15H16N2O2. The Labute approximate surface area is 111 Å². The van der Waals surface area contributed by atoms with Crippen LogP contribution in [-0.4, -0.2) is 10.5 Å². The van der Waals surface area contributed by atoms with Crippen LogP contribution in [0.25, 0.3) is 0 Å². The zero-order valence-corrected chi connectivity index (χ0v) is 11.0. The number of aryl methyl sites for hydroxylation is 2. The van der Waals surface area contributed by atoms with E-state index in [1.165, 1.54) is 10.6 Å². The van der Waals surface area contributed by atoms with Crippen molar-refractivity contribution in [1.29, 1.82) is 0 Å². The number of hydrogen-bond acceptors (Lipinski definition) is 2. The van der Waals surface area contributed by atoms with Gasteiger partial charge in [0.15, 0.2) is 0 Å². The van der Waals surface area contributed by atoms with Crippen LogP contribution in [0, 0.1) is 0 Å². The Bertz CT molecular complexity index is 659. The lowest BCUT2D eigenvalue weighted by atomic mass is 10.1. The van der Waals surface area contributed by atoms with Crippen molar-refractivity contribution in [3.63, 3.8) is 0 Å². The van der Waals surface area contributed by atoms with E-state index in [0.717, 1.165) is 17.7 Å². The van der Waals surface area contributed by atoms with Crippen LogP contribution in [0.3, 0.4) is 0 Å². The Balaban J connectivity index is 2.25. The van der Waals surface area contributed by atoms with Crippen LogP contribution < -0.4 is 10.9 Å². The first kappa shape index (κ1) is 13.1. The molecule has 0 saturated heterocycles. The van der Waals surface area contributed by atoms with E-state index in [9.17, 15) is 9.59 Å². The Hall–Kier alpha value is -2.36. The number of carbonyl (C=O) groups is 1. The summed E-state index contributed by atoms with van der Waals surface area (Å²) in [5.74, 6) is -0.265. The first-order valence-electron chi connectivity index (χ1n) is 6.17. The number of benzene rings is 1. The van der Waals surface area contributed by atoms with Gasteiger partial charge in [-0.3, -0.25) is 9.59 Å². The van der Waals surface area contributed by atoms with Crippen LogP contribution in [0.1, 0.15) is 22.8 Å². The van der Waals surface area contributed by atoms with Crippen molar-refractivity contribution in [1.82, 2.24) is 4.57 Å². The minimum Gasteiger partial charge on any atom is -0.322 e. The molecule has 1 aromatic heterocycles. The second kappa shape index (κ2) is 5.52. The molecule has 1 aromatic carbocycles. The standard InChI is InChI=1S/C15H16N2O2/c1-3-11-6-4-5-7-13(11)16-15(19)12-8-9-17(2)14(18)10-12/h4-10H,3H2,1-2H3,(H,16,19). The number of aromatic nitrogens is 1. The van der Waals surface area contributed by atoms with Gasteiger partial charge in [0.2, 0.25) is 0 Å². The molecule has 0 bridgehead atoms. The van der Waals surface area contributed by atoms with Crippen LogP contribution in [0.2, 0.25) is 0 Å². The maximum Gasteiger partial charge on any atom is 0.255 e. The summed E-state index contributed by atoms with van der Waals surface area (Å²) in [6.07, 6.45) is 2.43. The SMILES string of the molecule is CCc1ccccc1NC(=O)c1ccn(C)c(=O)c1. The predicted molar refractivity (Wildman–Crippen MR) is 75.5 cm³/mol. The van der Waals surface area contributed by atoms with Gasteiger partial charge in [-0.2, -0.15) is 0 Å². The molecule has 0 aliphatic carbocycles. The summed E-state index contributed by atoms with van der Waals surface area (Å²) in [7, 11) is 1.65. The third-order valence-corrected chi connectivity index (χ3v) is 3.01. The summed E-state index contributed by atoms with van der Waals surface area (Å²) in [5.41, 5.74) is 2.03. The van der Waals surface area contributed by atoms with Crippen LogP contribution in [0.5, 0.6) is 0 Å². The molecule has 2 aromatic rings. The molecular weight excluding hydrogens is 240 g/mol. The first-order valence-corrected chi connectivity index (χ1v) is 6.17. The van der Waals surface area contributed by atoms with Gasteiger partial charge < -0.3 is 9.88 Å². The Morgan fingerprint density at radius 1 is 1.26 bits per heavy atom. The number of nitrogens with one attached hydrogen (secondary N) is 1. The van der Waals surface area contributed by atoms with Crippen LogP contribution in [-0.2, 0) is 13.5 Å². The largest absolute Gasteiger partial charge is 0.322 e. The van der Waals surface area contributed by atoms with Gasteiger partial charge in [-0.1, -0.05) is 25.1 Å². The summed E-state index contributed by atoms with van der Waals surface area (Å²) in [5, 5.41) is 2.84. The molecule has 98 valence electrons. The number of carbonyl (C=O) groups excluding carboxylic acids is 1. The lowest BCUT2D eigenvalue weighted by molar-refractivity contribution is 0.102. The van der Waals surface area contributed by atoms with Gasteiger partial charge in [0.1, 0.15) is 0 Å². The molecule has 0 saturated carbocycles. The molecule has 1 heterocycles. The topological polar surface area (TPSA) is 51.1 Å². The van der Waals surface area contributed by atoms with Gasteiger partial charge in [0.25, 0.3) is 11.5 Å². The molecule has 1 amide bonds. The average Bonchev–Trinajstić information content (AvgIpc) is 2.42. The van der Waals surface area contributed by atoms with E-state index in [4.69, 9.17) is 0 Å². The lowest BCUT2D eigenvalue weighted by Gasteiger charge is -2.09. The quantitative estimate of drug-likeness (QED) is 0.915. The van der Waals surface area contributed by atoms with Gasteiger partial charge >= 0.3 is 0 Å². The maximum absolute atomic E-state index is 12.1. The van der Waals surface area contributed by atoms with E-state index < -0.39 is 0 Å². The van der Waals surface area contributed by atoms with Crippen LogP contribution >= 0.6 is 0 Å². The zero-order chi connectivity index (χ0) is 13.8. The highest BCUT2D eigenvalue weighted by Gasteiger charge is 2.09. The highest BCUT2D eigenvalue weighted by Crippen LogP contribution is 2.16. The minimum atomic E-state index is -0.265. The third kappa shape index (κ3) is 2.91. The monoisotopic (exact) mass is 256 g/mol. The van der Waals surface area contributed by atoms with Crippen molar-refractivity contribution in [2.24, 2.45) is 7.05 Å². The fraction of sp³-hybridized carbons (Fsp3) is 0.200. The molecule has 0 aliphatic rings. The number of amides is 1. The van der Waals surface area contributed by atoms with E-state index >= 15 is 0 Å². The van der Waals surface area contributed by atoms with Gasteiger partial charge in [-0.15, -0.1) is 0 Å². The molecule has 0 aliphatic heterocycles. The van der Waals surface area contributed by atoms with Crippen molar-refractivity contribution < 1.29 is 4.79 Å². The molecule has 4 nitrogen and oxygen atoms in total. The smallest absolute Gasteiger partial charge is 0.255 e. The van der Waals surface area contributed by atoms with E-state index in [1.54, 1.807) is 19.3 Å². The van der Waals surface area contributed by atoms with E-state index in [-0.39, 0.29) is 11.5 Å². The molecule has 4 heteroatoms. The zero-order valence-electron chi connectivity index (χ0n) is 11.0. The molecule has 1 N–H and O–H groups in total. The summed E-state index contributed by atoms with van der Waals surface area (Å²) in [6, 6.07) is 10.6. The van der Waals surface area contributed by atoms with E-state index in [1.807, 2.05) is 31.2 Å². The van der Waals surface area contributed by atoms with Crippen molar-refractivity contribution in [3.8, 4) is 0 Å². The van der Waals surface area contributed by atoms with Crippen molar-refractivity contribution in [3.05, 3.63) is 64.1 Å². The van der Waals surface area contributed by atoms with Gasteiger partial charge in [0.05, 0.1) is 0 Å². The van der Waals surface area contributed by atoms with Crippen LogP contribution in [0.15, 0.2) is 47.4 Å². The average molecular weight is 256 g/mol. The van der Waals surface area contributed by atoms with Gasteiger partial charge in [0, 0.05) is 30.6 Å². The van der Waals surface area contributed by atoms with Gasteiger partial charge in [-0.25, -0.2) is 0 Å². The van der Waals surface area contributed by atoms with E-state index in [0.29, 0.717) is 5.56 Å². The van der Waals surface area contributed by atoms with Gasteiger partial charge in [-0.05, 0) is 24.1 Å². The Morgan fingerprint density at radius 3 is 2.68 bits per heavy atom. The van der Waals surface area contributed by atoms with Crippen LogP contribution in [0.4, 0.5) is 5.69 Å². The number of hydrogen-bond donors (Lipinski definition) is 1.